The number of carbonyl (C=O) groups is 1. The molecule has 7 heteroatoms. The van der Waals surface area contributed by atoms with Gasteiger partial charge in [0.25, 0.3) is 0 Å². The van der Waals surface area contributed by atoms with Crippen molar-refractivity contribution in [2.24, 2.45) is 0 Å². The van der Waals surface area contributed by atoms with E-state index in [1.54, 1.807) is 0 Å². The Hall–Kier alpha value is -1.24. The zero-order valence-electron chi connectivity index (χ0n) is 14.1. The van der Waals surface area contributed by atoms with Crippen molar-refractivity contribution in [2.45, 2.75) is 45.3 Å². The lowest BCUT2D eigenvalue weighted by atomic mass is 9.79. The number of urea groups is 1. The molecule has 2 N–H and O–H groups in total. The van der Waals surface area contributed by atoms with Gasteiger partial charge >= 0.3 is 13.1 Å². The molecule has 0 aliphatic carbocycles. The summed E-state index contributed by atoms with van der Waals surface area (Å²) in [7, 11) is -0.443. The number of anilines is 1. The van der Waals surface area contributed by atoms with Crippen molar-refractivity contribution in [1.82, 2.24) is 5.32 Å². The number of alkyl halides is 1. The van der Waals surface area contributed by atoms with Gasteiger partial charge in [-0.25, -0.2) is 4.79 Å². The largest absolute Gasteiger partial charge is 0.494 e. The van der Waals surface area contributed by atoms with E-state index in [9.17, 15) is 4.79 Å². The number of halogens is 1. The van der Waals surface area contributed by atoms with Crippen molar-refractivity contribution in [3.63, 3.8) is 0 Å². The van der Waals surface area contributed by atoms with E-state index in [0.717, 1.165) is 11.9 Å². The first-order valence-corrected chi connectivity index (χ1v) is 8.35. The molecule has 0 bridgehead atoms. The Morgan fingerprint density at radius 2 is 1.87 bits per heavy atom. The maximum absolute atomic E-state index is 11.8. The standard InChI is InChI=1S/C16H24BClN2O3/c1-15(2)16(3,4)23-17(22-15)12-7-5-8-13(11-12)20-14(21)19-10-6-9-18/h5,7-8,11H,6,9-10H2,1-4H3,(H2,19,20,21). The van der Waals surface area contributed by atoms with Gasteiger partial charge in [-0.3, -0.25) is 0 Å². The van der Waals surface area contributed by atoms with Gasteiger partial charge in [0, 0.05) is 18.1 Å². The van der Waals surface area contributed by atoms with Crippen molar-refractivity contribution >= 4 is 35.9 Å². The van der Waals surface area contributed by atoms with Gasteiger partial charge < -0.3 is 19.9 Å². The third-order valence-corrected chi connectivity index (χ3v) is 4.53. The Balaban J connectivity index is 2.02. The minimum absolute atomic E-state index is 0.249. The lowest BCUT2D eigenvalue weighted by Crippen LogP contribution is -2.41. The van der Waals surface area contributed by atoms with Crippen LogP contribution in [-0.2, 0) is 9.31 Å². The van der Waals surface area contributed by atoms with Crippen LogP contribution in [0.4, 0.5) is 10.5 Å². The maximum atomic E-state index is 11.8. The fraction of sp³-hybridized carbons (Fsp3) is 0.562. The van der Waals surface area contributed by atoms with Gasteiger partial charge in [-0.2, -0.15) is 0 Å². The molecule has 1 aliphatic rings. The molecule has 1 saturated heterocycles. The van der Waals surface area contributed by atoms with Crippen LogP contribution < -0.4 is 16.1 Å². The van der Waals surface area contributed by atoms with Crippen molar-refractivity contribution in [2.75, 3.05) is 17.7 Å². The molecule has 1 aromatic rings. The first-order valence-electron chi connectivity index (χ1n) is 7.81. The molecule has 0 atom stereocenters. The summed E-state index contributed by atoms with van der Waals surface area (Å²) in [5.41, 5.74) is 0.794. The quantitative estimate of drug-likeness (QED) is 0.493. The molecule has 1 heterocycles. The third kappa shape index (κ3) is 4.40. The van der Waals surface area contributed by atoms with E-state index in [1.165, 1.54) is 0 Å². The molecular weight excluding hydrogens is 314 g/mol. The van der Waals surface area contributed by atoms with E-state index >= 15 is 0 Å². The smallest absolute Gasteiger partial charge is 0.399 e. The van der Waals surface area contributed by atoms with Crippen molar-refractivity contribution in [1.29, 1.82) is 0 Å². The lowest BCUT2D eigenvalue weighted by molar-refractivity contribution is 0.00578. The summed E-state index contributed by atoms with van der Waals surface area (Å²) in [5, 5.41) is 5.55. The fourth-order valence-electron chi connectivity index (χ4n) is 2.19. The molecule has 1 aliphatic heterocycles. The number of nitrogens with one attached hydrogen (secondary N) is 2. The van der Waals surface area contributed by atoms with Gasteiger partial charge in [0.05, 0.1) is 11.2 Å². The Kier molecular flexibility index (Phi) is 5.60. The van der Waals surface area contributed by atoms with E-state index in [-0.39, 0.29) is 17.2 Å². The number of hydrogen-bond donors (Lipinski definition) is 2. The Bertz CT molecular complexity index is 550. The van der Waals surface area contributed by atoms with E-state index < -0.39 is 7.12 Å². The summed E-state index contributed by atoms with van der Waals surface area (Å²) in [6.07, 6.45) is 0.739. The summed E-state index contributed by atoms with van der Waals surface area (Å²) in [6, 6.07) is 7.24. The SMILES string of the molecule is CC1(C)OB(c2cccc(NC(=O)NCCCCl)c2)OC1(C)C. The van der Waals surface area contributed by atoms with E-state index in [1.807, 2.05) is 52.0 Å². The zero-order valence-corrected chi connectivity index (χ0v) is 14.9. The predicted octanol–water partition coefficient (Wildman–Crippen LogP) is 2.74. The molecule has 1 fully saturated rings. The highest BCUT2D eigenvalue weighted by atomic mass is 35.5. The molecule has 0 radical (unpaired) electrons. The van der Waals surface area contributed by atoms with Crippen LogP contribution >= 0.6 is 11.6 Å². The molecule has 5 nitrogen and oxygen atoms in total. The number of hydrogen-bond acceptors (Lipinski definition) is 3. The molecule has 2 rings (SSSR count). The van der Waals surface area contributed by atoms with Gasteiger partial charge in [0.2, 0.25) is 0 Å². The molecule has 1 aromatic carbocycles. The molecule has 126 valence electrons. The van der Waals surface area contributed by atoms with E-state index in [0.29, 0.717) is 18.1 Å². The van der Waals surface area contributed by atoms with Crippen molar-refractivity contribution < 1.29 is 14.1 Å². The van der Waals surface area contributed by atoms with Gasteiger partial charge in [-0.05, 0) is 51.7 Å². The van der Waals surface area contributed by atoms with Crippen LogP contribution in [0.15, 0.2) is 24.3 Å². The van der Waals surface area contributed by atoms with Crippen LogP contribution in [0.25, 0.3) is 0 Å². The second-order valence-electron chi connectivity index (χ2n) is 6.64. The first kappa shape index (κ1) is 18.1. The highest BCUT2D eigenvalue weighted by Gasteiger charge is 2.51. The monoisotopic (exact) mass is 338 g/mol. The number of amides is 2. The summed E-state index contributed by atoms with van der Waals surface area (Å²) >= 11 is 5.59. The van der Waals surface area contributed by atoms with Crippen molar-refractivity contribution in [3.05, 3.63) is 24.3 Å². The average Bonchev–Trinajstić information content (AvgIpc) is 2.68. The van der Waals surface area contributed by atoms with Gasteiger partial charge in [0.15, 0.2) is 0 Å². The summed E-state index contributed by atoms with van der Waals surface area (Å²) in [6.45, 7) is 8.60. The molecule has 2 amide bonds. The Labute approximate surface area is 143 Å². The second kappa shape index (κ2) is 7.12. The minimum Gasteiger partial charge on any atom is -0.399 e. The van der Waals surface area contributed by atoms with Crippen LogP contribution in [-0.4, -0.2) is 36.8 Å². The van der Waals surface area contributed by atoms with Gasteiger partial charge in [-0.1, -0.05) is 12.1 Å². The first-order chi connectivity index (χ1) is 10.7. The van der Waals surface area contributed by atoms with Gasteiger partial charge in [-0.15, -0.1) is 11.6 Å². The van der Waals surface area contributed by atoms with Crippen LogP contribution in [0, 0.1) is 0 Å². The second-order valence-corrected chi connectivity index (χ2v) is 7.02. The fourth-order valence-corrected chi connectivity index (χ4v) is 2.32. The highest BCUT2D eigenvalue weighted by molar-refractivity contribution is 6.62. The van der Waals surface area contributed by atoms with Crippen LogP contribution in [0.1, 0.15) is 34.1 Å². The summed E-state index contributed by atoms with van der Waals surface area (Å²) < 4.78 is 12.0. The summed E-state index contributed by atoms with van der Waals surface area (Å²) in [5.74, 6) is 0.525. The molecule has 0 saturated carbocycles. The van der Waals surface area contributed by atoms with Crippen LogP contribution in [0.3, 0.4) is 0 Å². The van der Waals surface area contributed by atoms with E-state index in [2.05, 4.69) is 10.6 Å². The summed E-state index contributed by atoms with van der Waals surface area (Å²) in [4.78, 5) is 11.8. The zero-order chi connectivity index (χ0) is 17.1. The average molecular weight is 339 g/mol. The van der Waals surface area contributed by atoms with E-state index in [4.69, 9.17) is 20.9 Å². The highest BCUT2D eigenvalue weighted by Crippen LogP contribution is 2.36. The Morgan fingerprint density at radius 3 is 2.48 bits per heavy atom. The van der Waals surface area contributed by atoms with Gasteiger partial charge in [0.1, 0.15) is 0 Å². The van der Waals surface area contributed by atoms with Crippen molar-refractivity contribution in [3.8, 4) is 0 Å². The lowest BCUT2D eigenvalue weighted by Gasteiger charge is -2.32. The Morgan fingerprint density at radius 1 is 1.22 bits per heavy atom. The van der Waals surface area contributed by atoms with Crippen LogP contribution in [0.2, 0.25) is 0 Å². The number of carbonyl (C=O) groups excluding carboxylic acids is 1. The maximum Gasteiger partial charge on any atom is 0.494 e. The van der Waals surface area contributed by atoms with Crippen LogP contribution in [0.5, 0.6) is 0 Å². The topological polar surface area (TPSA) is 59.6 Å². The molecule has 0 unspecified atom stereocenters. The normalized spacial score (nSPS) is 18.7. The molecular formula is C16H24BClN2O3. The molecule has 0 aromatic heterocycles. The number of rotatable bonds is 5. The minimum atomic E-state index is -0.443. The molecule has 23 heavy (non-hydrogen) atoms. The predicted molar refractivity (Wildman–Crippen MR) is 94.5 cm³/mol. The number of benzene rings is 1. The molecule has 0 spiro atoms. The third-order valence-electron chi connectivity index (χ3n) is 4.27.